The highest BCUT2D eigenvalue weighted by atomic mass is 15.4. The van der Waals surface area contributed by atoms with Crippen LogP contribution in [0, 0.1) is 0 Å². The average molecular weight is 316 g/mol. The molecule has 0 unspecified atom stereocenters. The van der Waals surface area contributed by atoms with Crippen molar-refractivity contribution in [2.75, 3.05) is 10.9 Å². The van der Waals surface area contributed by atoms with Gasteiger partial charge in [0.1, 0.15) is 5.82 Å². The van der Waals surface area contributed by atoms with Crippen molar-refractivity contribution in [1.82, 2.24) is 20.2 Å². The van der Waals surface area contributed by atoms with Crippen molar-refractivity contribution in [3.05, 3.63) is 54.5 Å². The van der Waals surface area contributed by atoms with Gasteiger partial charge in [-0.15, -0.1) is 0 Å². The van der Waals surface area contributed by atoms with Crippen molar-refractivity contribution < 1.29 is 0 Å². The molecule has 24 heavy (non-hydrogen) atoms. The summed E-state index contributed by atoms with van der Waals surface area (Å²) in [4.78, 5) is 9.42. The van der Waals surface area contributed by atoms with Gasteiger partial charge in [-0.25, -0.2) is 9.97 Å². The van der Waals surface area contributed by atoms with Gasteiger partial charge in [-0.05, 0) is 43.2 Å². The van der Waals surface area contributed by atoms with Crippen LogP contribution < -0.4 is 10.9 Å². The second-order valence-corrected chi connectivity index (χ2v) is 6.14. The summed E-state index contributed by atoms with van der Waals surface area (Å²) in [6.07, 6.45) is 4.18. The first-order valence-electron chi connectivity index (χ1n) is 8.09. The van der Waals surface area contributed by atoms with Crippen molar-refractivity contribution in [2.24, 2.45) is 0 Å². The van der Waals surface area contributed by atoms with E-state index in [1.165, 1.54) is 12.8 Å². The minimum absolute atomic E-state index is 0.512. The third-order valence-corrected chi connectivity index (χ3v) is 4.33. The molecule has 6 nitrogen and oxygen atoms in total. The quantitative estimate of drug-likeness (QED) is 0.499. The summed E-state index contributed by atoms with van der Waals surface area (Å²) in [6, 6.07) is 14.1. The number of nitrogens with one attached hydrogen (secondary N) is 3. The first-order valence-corrected chi connectivity index (χ1v) is 8.09. The van der Waals surface area contributed by atoms with Crippen molar-refractivity contribution >= 4 is 33.3 Å². The summed E-state index contributed by atoms with van der Waals surface area (Å²) in [5.74, 6) is 2.26. The second kappa shape index (κ2) is 5.19. The predicted molar refractivity (Wildman–Crippen MR) is 94.9 cm³/mol. The van der Waals surface area contributed by atoms with E-state index in [9.17, 15) is 0 Å². The molecule has 0 radical (unpaired) electrons. The highest BCUT2D eigenvalue weighted by Crippen LogP contribution is 2.39. The number of hydrogen-bond donors (Lipinski definition) is 3. The number of fused-ring (bicyclic) bond motifs is 2. The Bertz CT molecular complexity index is 1030. The van der Waals surface area contributed by atoms with Gasteiger partial charge in [-0.1, -0.05) is 12.1 Å². The van der Waals surface area contributed by atoms with Crippen LogP contribution in [0.15, 0.2) is 48.7 Å². The molecule has 0 spiro atoms. The molecule has 2 aromatic heterocycles. The van der Waals surface area contributed by atoms with Gasteiger partial charge >= 0.3 is 0 Å². The molecule has 1 saturated carbocycles. The van der Waals surface area contributed by atoms with Gasteiger partial charge in [-0.3, -0.25) is 16.0 Å². The lowest BCUT2D eigenvalue weighted by atomic mass is 10.2. The molecule has 0 aliphatic heterocycles. The molecule has 1 aliphatic carbocycles. The Kier molecular flexibility index (Phi) is 2.88. The highest BCUT2D eigenvalue weighted by Gasteiger charge is 2.27. The van der Waals surface area contributed by atoms with Gasteiger partial charge in [0.15, 0.2) is 5.82 Å². The van der Waals surface area contributed by atoms with Crippen LogP contribution >= 0.6 is 0 Å². The van der Waals surface area contributed by atoms with Gasteiger partial charge in [0.05, 0.1) is 22.9 Å². The van der Waals surface area contributed by atoms with E-state index in [4.69, 9.17) is 9.97 Å². The number of anilines is 2. The Hall–Kier alpha value is -3.15. The molecule has 2 heterocycles. The Morgan fingerprint density at radius 2 is 1.92 bits per heavy atom. The molecule has 2 aromatic carbocycles. The minimum atomic E-state index is 0.512. The Balaban J connectivity index is 1.49. The number of nitrogens with zero attached hydrogens (tertiary/aromatic N) is 3. The molecule has 4 aromatic rings. The molecule has 0 bridgehead atoms. The van der Waals surface area contributed by atoms with E-state index in [-0.39, 0.29) is 0 Å². The fraction of sp³-hybridized carbons (Fsp3) is 0.167. The third kappa shape index (κ3) is 2.32. The fourth-order valence-electron chi connectivity index (χ4n) is 2.87. The van der Waals surface area contributed by atoms with E-state index < -0.39 is 0 Å². The van der Waals surface area contributed by atoms with Gasteiger partial charge in [0, 0.05) is 16.7 Å². The molecule has 3 N–H and O–H groups in total. The van der Waals surface area contributed by atoms with Crippen LogP contribution in [0.4, 0.5) is 11.5 Å². The van der Waals surface area contributed by atoms with E-state index >= 15 is 0 Å². The second-order valence-electron chi connectivity index (χ2n) is 6.14. The van der Waals surface area contributed by atoms with Gasteiger partial charge in [-0.2, -0.15) is 5.10 Å². The molecular formula is C18H16N6. The summed E-state index contributed by atoms with van der Waals surface area (Å²) in [7, 11) is 0. The Morgan fingerprint density at radius 1 is 1.00 bits per heavy atom. The highest BCUT2D eigenvalue weighted by molar-refractivity contribution is 5.90. The summed E-state index contributed by atoms with van der Waals surface area (Å²) in [5.41, 5.74) is 9.44. The molecule has 118 valence electrons. The van der Waals surface area contributed by atoms with E-state index in [0.29, 0.717) is 5.92 Å². The summed E-state index contributed by atoms with van der Waals surface area (Å²) < 4.78 is 0. The molecular weight excluding hydrogens is 300 g/mol. The van der Waals surface area contributed by atoms with E-state index in [0.717, 1.165) is 39.1 Å². The topological polar surface area (TPSA) is 78.5 Å². The van der Waals surface area contributed by atoms with E-state index in [1.54, 1.807) is 0 Å². The largest absolute Gasteiger partial charge is 0.300 e. The molecule has 0 amide bonds. The monoisotopic (exact) mass is 316 g/mol. The molecule has 6 heteroatoms. The van der Waals surface area contributed by atoms with Crippen LogP contribution in [-0.4, -0.2) is 20.2 Å². The number of benzene rings is 2. The van der Waals surface area contributed by atoms with Crippen LogP contribution in [-0.2, 0) is 0 Å². The predicted octanol–water partition coefficient (Wildman–Crippen LogP) is 3.82. The zero-order valence-electron chi connectivity index (χ0n) is 13.0. The fourth-order valence-corrected chi connectivity index (χ4v) is 2.87. The van der Waals surface area contributed by atoms with Crippen molar-refractivity contribution in [3.63, 3.8) is 0 Å². The number of hydrogen-bond acceptors (Lipinski definition) is 5. The van der Waals surface area contributed by atoms with Crippen LogP contribution in [0.5, 0.6) is 0 Å². The third-order valence-electron chi connectivity index (χ3n) is 4.33. The maximum absolute atomic E-state index is 4.73. The lowest BCUT2D eigenvalue weighted by Gasteiger charge is -2.12. The van der Waals surface area contributed by atoms with Gasteiger partial charge in [0.25, 0.3) is 0 Å². The molecule has 1 aliphatic rings. The molecule has 1 fully saturated rings. The zero-order valence-corrected chi connectivity index (χ0v) is 13.0. The maximum Gasteiger partial charge on any atom is 0.156 e. The zero-order chi connectivity index (χ0) is 15.9. The van der Waals surface area contributed by atoms with Crippen molar-refractivity contribution in [2.45, 2.75) is 18.8 Å². The smallest absolute Gasteiger partial charge is 0.156 e. The number of aromatic amines is 1. The number of H-pyrrole nitrogens is 1. The molecule has 0 saturated heterocycles. The Morgan fingerprint density at radius 3 is 2.83 bits per heavy atom. The summed E-state index contributed by atoms with van der Waals surface area (Å²) in [5, 5.41) is 9.07. The van der Waals surface area contributed by atoms with E-state index in [1.807, 2.05) is 48.7 Å². The van der Waals surface area contributed by atoms with E-state index in [2.05, 4.69) is 21.0 Å². The van der Waals surface area contributed by atoms with Crippen LogP contribution in [0.3, 0.4) is 0 Å². The number of aromatic nitrogens is 4. The first-order chi connectivity index (χ1) is 11.9. The lowest BCUT2D eigenvalue weighted by molar-refractivity contribution is 0.948. The van der Waals surface area contributed by atoms with Crippen molar-refractivity contribution in [1.29, 1.82) is 0 Å². The summed E-state index contributed by atoms with van der Waals surface area (Å²) >= 11 is 0. The first kappa shape index (κ1) is 13.3. The number of para-hydroxylation sites is 1. The normalized spacial score (nSPS) is 14.2. The van der Waals surface area contributed by atoms with Crippen LogP contribution in [0.25, 0.3) is 21.8 Å². The summed E-state index contributed by atoms with van der Waals surface area (Å²) in [6.45, 7) is 0. The minimum Gasteiger partial charge on any atom is -0.300 e. The van der Waals surface area contributed by atoms with Crippen LogP contribution in [0.1, 0.15) is 24.6 Å². The lowest BCUT2D eigenvalue weighted by Crippen LogP contribution is -2.12. The molecule has 5 rings (SSSR count). The number of hydrazine groups is 1. The maximum atomic E-state index is 4.73. The van der Waals surface area contributed by atoms with Gasteiger partial charge in [0.2, 0.25) is 0 Å². The van der Waals surface area contributed by atoms with Crippen LogP contribution in [0.2, 0.25) is 0 Å². The molecule has 0 atom stereocenters. The standard InChI is InChI=1S/C18H16N6/c1-2-4-16-14(3-1)18(21-17(20-16)11-5-6-11)24-22-13-7-8-15-12(9-13)10-19-23-15/h1-4,7-11,22H,5-6H2,(H,19,23)(H,20,21,24). The SMILES string of the molecule is c1ccc2c(NNc3ccc4[nH]ncc4c3)nc(C3CC3)nc2c1. The van der Waals surface area contributed by atoms with Gasteiger partial charge < -0.3 is 0 Å². The van der Waals surface area contributed by atoms with Crippen molar-refractivity contribution in [3.8, 4) is 0 Å². The average Bonchev–Trinajstić information content (AvgIpc) is 3.37. The number of rotatable bonds is 4. The Labute approximate surface area is 138 Å².